The van der Waals surface area contributed by atoms with Gasteiger partial charge in [-0.1, -0.05) is 30.3 Å². The van der Waals surface area contributed by atoms with Crippen LogP contribution in [0.4, 0.5) is 0 Å². The highest BCUT2D eigenvalue weighted by atomic mass is 16.5. The predicted octanol–water partition coefficient (Wildman–Crippen LogP) is 3.06. The van der Waals surface area contributed by atoms with Crippen LogP contribution in [-0.4, -0.2) is 59.9 Å². The largest absolute Gasteiger partial charge is 0.491 e. The fourth-order valence-electron chi connectivity index (χ4n) is 4.94. The molecule has 1 saturated heterocycles. The number of fused-ring (bicyclic) bond motifs is 2. The Bertz CT molecular complexity index is 907. The standard InChI is InChI=1S/C25H31N3O2/c29-25(19-26-10-3-4-11-26)28-13-14-30-24-8-7-20(15-23(24)18-28)16-27-12-9-21-5-1-2-6-22(21)17-27/h1-2,5-8,15H,3-4,9-14,16-19H2. The number of amides is 1. The van der Waals surface area contributed by atoms with Crippen molar-refractivity contribution in [1.82, 2.24) is 14.7 Å². The summed E-state index contributed by atoms with van der Waals surface area (Å²) in [5.74, 6) is 1.16. The van der Waals surface area contributed by atoms with Crippen molar-refractivity contribution in [3.05, 3.63) is 64.7 Å². The number of carbonyl (C=O) groups is 1. The summed E-state index contributed by atoms with van der Waals surface area (Å²) < 4.78 is 5.97. The van der Waals surface area contributed by atoms with Crippen LogP contribution in [0.2, 0.25) is 0 Å². The molecule has 1 fully saturated rings. The molecule has 0 atom stereocenters. The van der Waals surface area contributed by atoms with Gasteiger partial charge in [-0.05, 0) is 61.2 Å². The van der Waals surface area contributed by atoms with Gasteiger partial charge in [-0.15, -0.1) is 0 Å². The van der Waals surface area contributed by atoms with Crippen LogP contribution in [0.25, 0.3) is 0 Å². The normalized spacial score (nSPS) is 19.7. The van der Waals surface area contributed by atoms with E-state index >= 15 is 0 Å². The summed E-state index contributed by atoms with van der Waals surface area (Å²) in [6, 6.07) is 15.3. The third-order valence-corrected chi connectivity index (χ3v) is 6.63. The highest BCUT2D eigenvalue weighted by molar-refractivity contribution is 5.78. The maximum atomic E-state index is 12.9. The Balaban J connectivity index is 1.26. The lowest BCUT2D eigenvalue weighted by Gasteiger charge is -2.29. The van der Waals surface area contributed by atoms with Crippen molar-refractivity contribution in [2.24, 2.45) is 0 Å². The fourth-order valence-corrected chi connectivity index (χ4v) is 4.94. The molecule has 0 saturated carbocycles. The molecule has 3 heterocycles. The smallest absolute Gasteiger partial charge is 0.237 e. The lowest BCUT2D eigenvalue weighted by molar-refractivity contribution is -0.132. The molecule has 1 amide bonds. The molecular weight excluding hydrogens is 374 g/mol. The number of rotatable bonds is 4. The Morgan fingerprint density at radius 1 is 0.867 bits per heavy atom. The average molecular weight is 406 g/mol. The Morgan fingerprint density at radius 3 is 2.57 bits per heavy atom. The quantitative estimate of drug-likeness (QED) is 0.783. The van der Waals surface area contributed by atoms with E-state index in [-0.39, 0.29) is 5.91 Å². The van der Waals surface area contributed by atoms with Crippen LogP contribution in [0.15, 0.2) is 42.5 Å². The van der Waals surface area contributed by atoms with Gasteiger partial charge >= 0.3 is 0 Å². The number of likely N-dealkylation sites (tertiary alicyclic amines) is 1. The second-order valence-electron chi connectivity index (χ2n) is 8.82. The van der Waals surface area contributed by atoms with Crippen molar-refractivity contribution in [3.8, 4) is 5.75 Å². The molecule has 5 nitrogen and oxygen atoms in total. The van der Waals surface area contributed by atoms with E-state index in [9.17, 15) is 4.79 Å². The Kier molecular flexibility index (Phi) is 5.73. The van der Waals surface area contributed by atoms with Gasteiger partial charge in [0.15, 0.2) is 0 Å². The molecule has 5 rings (SSSR count). The highest BCUT2D eigenvalue weighted by Crippen LogP contribution is 2.27. The monoisotopic (exact) mass is 405 g/mol. The Labute approximate surface area is 179 Å². The molecule has 0 spiro atoms. The van der Waals surface area contributed by atoms with Gasteiger partial charge in [0.2, 0.25) is 5.91 Å². The molecule has 0 unspecified atom stereocenters. The molecule has 2 aromatic carbocycles. The minimum atomic E-state index is 0.228. The van der Waals surface area contributed by atoms with Gasteiger partial charge in [-0.2, -0.15) is 0 Å². The van der Waals surface area contributed by atoms with Crippen LogP contribution in [0.1, 0.15) is 35.1 Å². The van der Waals surface area contributed by atoms with E-state index in [4.69, 9.17) is 4.74 Å². The number of hydrogen-bond acceptors (Lipinski definition) is 4. The molecule has 0 bridgehead atoms. The predicted molar refractivity (Wildman–Crippen MR) is 117 cm³/mol. The van der Waals surface area contributed by atoms with E-state index in [1.54, 1.807) is 0 Å². The van der Waals surface area contributed by atoms with Gasteiger partial charge in [0.25, 0.3) is 0 Å². The van der Waals surface area contributed by atoms with Crippen molar-refractivity contribution >= 4 is 5.91 Å². The van der Waals surface area contributed by atoms with Crippen LogP contribution in [0, 0.1) is 0 Å². The van der Waals surface area contributed by atoms with Crippen molar-refractivity contribution in [1.29, 1.82) is 0 Å². The molecular formula is C25H31N3O2. The lowest BCUT2D eigenvalue weighted by atomic mass is 9.99. The zero-order valence-electron chi connectivity index (χ0n) is 17.7. The summed E-state index contributed by atoms with van der Waals surface area (Å²) in [5.41, 5.74) is 5.36. The van der Waals surface area contributed by atoms with E-state index in [0.29, 0.717) is 26.2 Å². The molecule has 0 radical (unpaired) electrons. The molecule has 3 aliphatic rings. The second-order valence-corrected chi connectivity index (χ2v) is 8.82. The topological polar surface area (TPSA) is 36.0 Å². The van der Waals surface area contributed by atoms with E-state index in [1.165, 1.54) is 29.5 Å². The molecule has 3 aliphatic heterocycles. The Hall–Kier alpha value is -2.37. The van der Waals surface area contributed by atoms with Crippen molar-refractivity contribution in [2.75, 3.05) is 39.3 Å². The average Bonchev–Trinajstić information content (AvgIpc) is 3.18. The highest BCUT2D eigenvalue weighted by Gasteiger charge is 2.24. The van der Waals surface area contributed by atoms with Crippen LogP contribution in [0.5, 0.6) is 5.75 Å². The summed E-state index contributed by atoms with van der Waals surface area (Å²) in [5, 5.41) is 0. The van der Waals surface area contributed by atoms with Crippen molar-refractivity contribution in [2.45, 2.75) is 38.9 Å². The Morgan fingerprint density at radius 2 is 1.70 bits per heavy atom. The molecule has 158 valence electrons. The summed E-state index contributed by atoms with van der Waals surface area (Å²) in [4.78, 5) is 19.6. The number of nitrogens with zero attached hydrogens (tertiary/aromatic N) is 3. The zero-order chi connectivity index (χ0) is 20.3. The van der Waals surface area contributed by atoms with Gasteiger partial charge in [-0.3, -0.25) is 14.6 Å². The van der Waals surface area contributed by atoms with E-state index in [0.717, 1.165) is 50.5 Å². The third kappa shape index (κ3) is 4.37. The van der Waals surface area contributed by atoms with E-state index in [1.807, 2.05) is 4.90 Å². The van der Waals surface area contributed by atoms with Crippen LogP contribution >= 0.6 is 0 Å². The van der Waals surface area contributed by atoms with Crippen LogP contribution in [-0.2, 0) is 30.8 Å². The van der Waals surface area contributed by atoms with Crippen molar-refractivity contribution in [3.63, 3.8) is 0 Å². The van der Waals surface area contributed by atoms with Gasteiger partial charge in [0.05, 0.1) is 13.1 Å². The van der Waals surface area contributed by atoms with Gasteiger partial charge < -0.3 is 9.64 Å². The van der Waals surface area contributed by atoms with Crippen LogP contribution < -0.4 is 4.74 Å². The second kappa shape index (κ2) is 8.78. The first-order chi connectivity index (χ1) is 14.7. The number of ether oxygens (including phenoxy) is 1. The minimum Gasteiger partial charge on any atom is -0.491 e. The van der Waals surface area contributed by atoms with E-state index in [2.05, 4.69) is 52.3 Å². The molecule has 2 aromatic rings. The number of carbonyl (C=O) groups excluding carboxylic acids is 1. The first-order valence-electron chi connectivity index (χ1n) is 11.3. The SMILES string of the molecule is O=C(CN1CCCC1)N1CCOc2ccc(CN3CCc4ccccc4C3)cc2C1. The molecule has 0 aromatic heterocycles. The summed E-state index contributed by atoms with van der Waals surface area (Å²) in [6.45, 7) is 7.56. The summed E-state index contributed by atoms with van der Waals surface area (Å²) in [6.07, 6.45) is 3.54. The lowest BCUT2D eigenvalue weighted by Crippen LogP contribution is -2.40. The zero-order valence-corrected chi connectivity index (χ0v) is 17.7. The molecule has 0 N–H and O–H groups in total. The maximum Gasteiger partial charge on any atom is 0.237 e. The summed E-state index contributed by atoms with van der Waals surface area (Å²) >= 11 is 0. The van der Waals surface area contributed by atoms with E-state index < -0.39 is 0 Å². The van der Waals surface area contributed by atoms with Gasteiger partial charge in [0, 0.05) is 31.7 Å². The minimum absolute atomic E-state index is 0.228. The van der Waals surface area contributed by atoms with Crippen molar-refractivity contribution < 1.29 is 9.53 Å². The maximum absolute atomic E-state index is 12.9. The number of hydrogen-bond donors (Lipinski definition) is 0. The molecule has 30 heavy (non-hydrogen) atoms. The van der Waals surface area contributed by atoms with Crippen LogP contribution in [0.3, 0.4) is 0 Å². The third-order valence-electron chi connectivity index (χ3n) is 6.63. The fraction of sp³-hybridized carbons (Fsp3) is 0.480. The summed E-state index contributed by atoms with van der Waals surface area (Å²) in [7, 11) is 0. The molecule has 0 aliphatic carbocycles. The number of benzene rings is 2. The first-order valence-corrected chi connectivity index (χ1v) is 11.3. The van der Waals surface area contributed by atoms with Gasteiger partial charge in [-0.25, -0.2) is 0 Å². The first kappa shape index (κ1) is 19.6. The molecule has 5 heteroatoms. The van der Waals surface area contributed by atoms with Gasteiger partial charge in [0.1, 0.15) is 12.4 Å².